The van der Waals surface area contributed by atoms with Gasteiger partial charge in [-0.15, -0.1) is 0 Å². The molecule has 66 heavy (non-hydrogen) atoms. The Morgan fingerprint density at radius 2 is 0.909 bits per heavy atom. The highest BCUT2D eigenvalue weighted by molar-refractivity contribution is 7.47. The van der Waals surface area contributed by atoms with Crippen molar-refractivity contribution in [3.05, 3.63) is 48.6 Å². The van der Waals surface area contributed by atoms with Crippen LogP contribution >= 0.6 is 7.82 Å². The van der Waals surface area contributed by atoms with E-state index in [0.717, 1.165) is 64.2 Å². The van der Waals surface area contributed by atoms with E-state index in [-0.39, 0.29) is 19.1 Å². The number of carbonyl (C=O) groups is 1. The first kappa shape index (κ1) is 64.5. The van der Waals surface area contributed by atoms with E-state index in [2.05, 4.69) is 55.6 Å². The van der Waals surface area contributed by atoms with Crippen molar-refractivity contribution in [1.82, 2.24) is 5.32 Å². The van der Waals surface area contributed by atoms with Gasteiger partial charge >= 0.3 is 7.82 Å². The molecule has 0 spiro atoms. The van der Waals surface area contributed by atoms with Gasteiger partial charge in [-0.3, -0.25) is 13.8 Å². The molecule has 3 N–H and O–H groups in total. The van der Waals surface area contributed by atoms with Crippen LogP contribution in [-0.4, -0.2) is 73.4 Å². The lowest BCUT2D eigenvalue weighted by molar-refractivity contribution is -0.870. The van der Waals surface area contributed by atoms with Crippen molar-refractivity contribution < 1.29 is 32.9 Å². The van der Waals surface area contributed by atoms with Crippen LogP contribution in [0.5, 0.6) is 0 Å². The van der Waals surface area contributed by atoms with Gasteiger partial charge in [0.15, 0.2) is 0 Å². The number of amides is 1. The van der Waals surface area contributed by atoms with Crippen LogP contribution in [0.1, 0.15) is 258 Å². The number of nitrogens with zero attached hydrogens (tertiary/aromatic N) is 1. The average Bonchev–Trinajstić information content (AvgIpc) is 3.28. The van der Waals surface area contributed by atoms with Gasteiger partial charge in [-0.05, 0) is 51.4 Å². The van der Waals surface area contributed by atoms with Gasteiger partial charge in [0.25, 0.3) is 0 Å². The lowest BCUT2D eigenvalue weighted by atomic mass is 10.0. The third-order valence-electron chi connectivity index (χ3n) is 12.6. The largest absolute Gasteiger partial charge is 0.472 e. The van der Waals surface area contributed by atoms with E-state index >= 15 is 0 Å². The van der Waals surface area contributed by atoms with Gasteiger partial charge in [-0.25, -0.2) is 4.57 Å². The number of aliphatic hydroxyl groups excluding tert-OH is 1. The Labute approximate surface area is 409 Å². The Morgan fingerprint density at radius 1 is 0.530 bits per heavy atom. The van der Waals surface area contributed by atoms with Crippen molar-refractivity contribution in [2.45, 2.75) is 270 Å². The molecule has 0 radical (unpaired) electrons. The van der Waals surface area contributed by atoms with Crippen molar-refractivity contribution >= 4 is 13.7 Å². The van der Waals surface area contributed by atoms with Crippen molar-refractivity contribution in [2.24, 2.45) is 0 Å². The first-order chi connectivity index (χ1) is 32.0. The summed E-state index contributed by atoms with van der Waals surface area (Å²) < 4.78 is 23.6. The number of phosphoric ester groups is 1. The van der Waals surface area contributed by atoms with E-state index in [1.54, 1.807) is 6.08 Å². The van der Waals surface area contributed by atoms with E-state index in [1.807, 2.05) is 27.2 Å². The molecule has 0 rings (SSSR count). The zero-order chi connectivity index (χ0) is 48.5. The lowest BCUT2D eigenvalue weighted by Crippen LogP contribution is -2.45. The van der Waals surface area contributed by atoms with Crippen LogP contribution in [0, 0.1) is 0 Å². The zero-order valence-corrected chi connectivity index (χ0v) is 45.1. The fourth-order valence-corrected chi connectivity index (χ4v) is 8.91. The number of allylic oxidation sites excluding steroid dienone is 7. The Balaban J connectivity index is 4.09. The summed E-state index contributed by atoms with van der Waals surface area (Å²) in [5, 5.41) is 13.9. The van der Waals surface area contributed by atoms with Gasteiger partial charge in [0.05, 0.1) is 39.9 Å². The maximum Gasteiger partial charge on any atom is 0.472 e. The number of rotatable bonds is 51. The van der Waals surface area contributed by atoms with Crippen LogP contribution in [0.3, 0.4) is 0 Å². The SMILES string of the molecule is CC/C=C\C/C=C\C/C=C\CCCCCC(=O)NC(COP(=O)(O)OCC[N+](C)(C)C)C(O)/C=C/CCCCCCCCCCCCCCCCCCCCCCCCCCCCCCC. The Hall–Kier alpha value is -1.54. The van der Waals surface area contributed by atoms with E-state index in [1.165, 1.54) is 173 Å². The highest BCUT2D eigenvalue weighted by Crippen LogP contribution is 2.43. The number of phosphoric acid groups is 1. The van der Waals surface area contributed by atoms with Crippen LogP contribution in [0.25, 0.3) is 0 Å². The lowest BCUT2D eigenvalue weighted by Gasteiger charge is -2.25. The molecule has 0 aliphatic rings. The molecule has 0 aromatic carbocycles. The Morgan fingerprint density at radius 3 is 1.33 bits per heavy atom. The number of nitrogens with one attached hydrogen (secondary N) is 1. The van der Waals surface area contributed by atoms with Crippen molar-refractivity contribution in [3.8, 4) is 0 Å². The Kier molecular flexibility index (Phi) is 47.4. The normalized spacial score (nSPS) is 14.3. The molecule has 0 aromatic heterocycles. The third-order valence-corrected chi connectivity index (χ3v) is 13.5. The number of likely N-dealkylation sites (N-methyl/N-ethyl adjacent to an activating group) is 1. The van der Waals surface area contributed by atoms with E-state index in [4.69, 9.17) is 9.05 Å². The minimum atomic E-state index is -4.35. The molecule has 9 heteroatoms. The summed E-state index contributed by atoms with van der Waals surface area (Å²) in [6.45, 7) is 4.69. The van der Waals surface area contributed by atoms with E-state index in [9.17, 15) is 19.4 Å². The van der Waals surface area contributed by atoms with Gasteiger partial charge in [0.1, 0.15) is 13.2 Å². The number of carbonyl (C=O) groups excluding carboxylic acids is 1. The number of unbranched alkanes of at least 4 members (excludes halogenated alkanes) is 32. The van der Waals surface area contributed by atoms with Crippen molar-refractivity contribution in [1.29, 1.82) is 0 Å². The molecule has 3 atom stereocenters. The third kappa shape index (κ3) is 50.3. The summed E-state index contributed by atoms with van der Waals surface area (Å²) in [4.78, 5) is 23.2. The second-order valence-electron chi connectivity index (χ2n) is 20.3. The maximum absolute atomic E-state index is 12.9. The fraction of sp³-hybridized carbons (Fsp3) is 0.842. The monoisotopic (exact) mass is 950 g/mol. The molecule has 0 saturated heterocycles. The molecule has 388 valence electrons. The smallest absolute Gasteiger partial charge is 0.387 e. The second kappa shape index (κ2) is 48.5. The zero-order valence-electron chi connectivity index (χ0n) is 44.2. The Bertz CT molecular complexity index is 1210. The summed E-state index contributed by atoms with van der Waals surface area (Å²) in [6, 6.07) is -0.863. The first-order valence-electron chi connectivity index (χ1n) is 28.0. The molecule has 0 fully saturated rings. The number of aliphatic hydroxyl groups is 1. The molecular weight excluding hydrogens is 840 g/mol. The first-order valence-corrected chi connectivity index (χ1v) is 29.5. The van der Waals surface area contributed by atoms with Crippen LogP contribution in [0.2, 0.25) is 0 Å². The maximum atomic E-state index is 12.9. The average molecular weight is 950 g/mol. The molecule has 3 unspecified atom stereocenters. The molecule has 1 amide bonds. The summed E-state index contributed by atoms with van der Waals surface area (Å²) in [6.07, 6.45) is 63.8. The minimum Gasteiger partial charge on any atom is -0.387 e. The van der Waals surface area contributed by atoms with Crippen molar-refractivity contribution in [3.63, 3.8) is 0 Å². The van der Waals surface area contributed by atoms with Gasteiger partial charge in [-0.2, -0.15) is 0 Å². The molecule has 0 bridgehead atoms. The highest BCUT2D eigenvalue weighted by atomic mass is 31.2. The topological polar surface area (TPSA) is 105 Å². The van der Waals surface area contributed by atoms with Gasteiger partial charge < -0.3 is 19.8 Å². The predicted molar refractivity (Wildman–Crippen MR) is 286 cm³/mol. The summed E-state index contributed by atoms with van der Waals surface area (Å²) >= 11 is 0. The summed E-state index contributed by atoms with van der Waals surface area (Å²) in [7, 11) is 1.55. The number of hydrogen-bond donors (Lipinski definition) is 3. The molecule has 0 saturated carbocycles. The van der Waals surface area contributed by atoms with Crippen LogP contribution in [0.15, 0.2) is 48.6 Å². The number of quaternary nitrogens is 1. The summed E-state index contributed by atoms with van der Waals surface area (Å²) in [5.41, 5.74) is 0. The van der Waals surface area contributed by atoms with Gasteiger partial charge in [-0.1, -0.05) is 249 Å². The molecule has 0 aliphatic carbocycles. The van der Waals surface area contributed by atoms with E-state index in [0.29, 0.717) is 17.4 Å². The van der Waals surface area contributed by atoms with Gasteiger partial charge in [0.2, 0.25) is 5.91 Å². The molecule has 0 heterocycles. The molecule has 0 aliphatic heterocycles. The standard InChI is InChI=1S/C57H109N2O6P/c1-6-8-10-12-14-16-18-20-21-22-23-24-25-26-27-28-29-30-31-32-33-34-35-36-37-39-40-42-44-46-48-50-56(60)55(54-65-66(62,63)64-53-52-59(3,4)5)58-57(61)51-49-47-45-43-41-38-19-17-15-13-11-9-7-2/h9,11,15,17,38,41,48,50,55-56,60H,6-8,10,12-14,16,18-37,39-40,42-47,49,51-54H2,1-5H3,(H-,58,61,62,63)/p+1/b11-9-,17-15-,41-38-,50-48+. The van der Waals surface area contributed by atoms with Crippen LogP contribution in [0.4, 0.5) is 0 Å². The van der Waals surface area contributed by atoms with Gasteiger partial charge in [0, 0.05) is 6.42 Å². The van der Waals surface area contributed by atoms with Crippen molar-refractivity contribution in [2.75, 3.05) is 40.9 Å². The molecule has 8 nitrogen and oxygen atoms in total. The number of hydrogen-bond acceptors (Lipinski definition) is 5. The summed E-state index contributed by atoms with van der Waals surface area (Å²) in [5.74, 6) is -0.205. The highest BCUT2D eigenvalue weighted by Gasteiger charge is 2.27. The molecule has 0 aromatic rings. The quantitative estimate of drug-likeness (QED) is 0.0243. The van der Waals surface area contributed by atoms with E-state index < -0.39 is 20.0 Å². The fourth-order valence-electron chi connectivity index (χ4n) is 8.18. The molecular formula is C57H110N2O6P+. The van der Waals surface area contributed by atoms with Crippen LogP contribution in [-0.2, 0) is 18.4 Å². The predicted octanol–water partition coefficient (Wildman–Crippen LogP) is 16.8. The second-order valence-corrected chi connectivity index (χ2v) is 21.7. The van der Waals surface area contributed by atoms with Crippen LogP contribution < -0.4 is 5.32 Å². The minimum absolute atomic E-state index is 0.0545.